The molecule has 2 atom stereocenters. The number of carbonyl (C=O) groups is 1. The van der Waals surface area contributed by atoms with Gasteiger partial charge in [0, 0.05) is 6.04 Å². The third-order valence-corrected chi connectivity index (χ3v) is 5.36. The van der Waals surface area contributed by atoms with Crippen LogP contribution in [0.4, 0.5) is 5.69 Å². The summed E-state index contributed by atoms with van der Waals surface area (Å²) in [5.41, 5.74) is 2.61. The molecule has 0 aliphatic heterocycles. The van der Waals surface area contributed by atoms with Gasteiger partial charge in [-0.1, -0.05) is 26.3 Å². The molecular weight excluding hydrogens is 324 g/mol. The fourth-order valence-corrected chi connectivity index (χ4v) is 3.97. The van der Waals surface area contributed by atoms with Crippen molar-refractivity contribution in [3.63, 3.8) is 0 Å². The van der Waals surface area contributed by atoms with Gasteiger partial charge in [-0.25, -0.2) is 8.42 Å². The van der Waals surface area contributed by atoms with Crippen molar-refractivity contribution in [3.05, 3.63) is 29.3 Å². The number of aryl methyl sites for hydroxylation is 2. The number of hydrogen-bond donors (Lipinski definition) is 1. The second-order valence-electron chi connectivity index (χ2n) is 6.45. The summed E-state index contributed by atoms with van der Waals surface area (Å²) in [7, 11) is -3.58. The monoisotopic (exact) mass is 354 g/mol. The van der Waals surface area contributed by atoms with Crippen molar-refractivity contribution < 1.29 is 13.2 Å². The second kappa shape index (κ2) is 8.51. The van der Waals surface area contributed by atoms with E-state index in [2.05, 4.69) is 12.2 Å². The van der Waals surface area contributed by atoms with Crippen molar-refractivity contribution in [2.24, 2.45) is 0 Å². The molecule has 0 aliphatic rings. The van der Waals surface area contributed by atoms with Crippen LogP contribution in [0, 0.1) is 13.8 Å². The minimum atomic E-state index is -3.58. The maximum absolute atomic E-state index is 12.7. The lowest BCUT2D eigenvalue weighted by atomic mass is 10.1. The normalized spacial score (nSPS) is 14.1. The number of nitrogens with zero attached hydrogens (tertiary/aromatic N) is 1. The Labute approximate surface area is 146 Å². The van der Waals surface area contributed by atoms with Gasteiger partial charge in [0.1, 0.15) is 6.04 Å². The van der Waals surface area contributed by atoms with Gasteiger partial charge in [-0.05, 0) is 56.9 Å². The molecule has 136 valence electrons. The van der Waals surface area contributed by atoms with E-state index < -0.39 is 16.1 Å². The molecular formula is C18H30N2O3S. The summed E-state index contributed by atoms with van der Waals surface area (Å²) in [5, 5.41) is 2.94. The van der Waals surface area contributed by atoms with Crippen LogP contribution in [0.2, 0.25) is 0 Å². The van der Waals surface area contributed by atoms with E-state index >= 15 is 0 Å². The summed E-state index contributed by atoms with van der Waals surface area (Å²) in [6.45, 7) is 9.73. The molecule has 0 fully saturated rings. The van der Waals surface area contributed by atoms with Gasteiger partial charge in [-0.2, -0.15) is 0 Å². The van der Waals surface area contributed by atoms with Crippen molar-refractivity contribution in [2.75, 3.05) is 10.6 Å². The van der Waals surface area contributed by atoms with Crippen LogP contribution >= 0.6 is 0 Å². The Kier molecular flexibility index (Phi) is 7.27. The van der Waals surface area contributed by atoms with E-state index in [0.29, 0.717) is 12.1 Å². The zero-order chi connectivity index (χ0) is 18.5. The zero-order valence-electron chi connectivity index (χ0n) is 15.6. The highest BCUT2D eigenvalue weighted by molar-refractivity contribution is 7.92. The molecule has 0 aliphatic carbocycles. The summed E-state index contributed by atoms with van der Waals surface area (Å²) >= 11 is 0. The fourth-order valence-electron chi connectivity index (χ4n) is 2.77. The molecule has 1 rings (SSSR count). The average molecular weight is 355 g/mol. The van der Waals surface area contributed by atoms with Crippen LogP contribution in [-0.2, 0) is 14.8 Å². The third-order valence-electron chi connectivity index (χ3n) is 4.19. The molecule has 6 heteroatoms. The second-order valence-corrected chi connectivity index (χ2v) is 8.31. The highest BCUT2D eigenvalue weighted by Gasteiger charge is 2.32. The Hall–Kier alpha value is -1.56. The molecule has 0 aromatic heterocycles. The summed E-state index contributed by atoms with van der Waals surface area (Å²) < 4.78 is 26.0. The van der Waals surface area contributed by atoms with E-state index in [1.54, 1.807) is 6.07 Å². The standard InChI is InChI=1S/C18H30N2O3S/c1-7-9-15(5)19-18(21)17(8-2)20(24(6,22)23)16-11-10-13(3)14(4)12-16/h10-12,15,17H,7-9H2,1-6H3,(H,19,21)/t15-,17+/m1/s1. The summed E-state index contributed by atoms with van der Waals surface area (Å²) in [5.74, 6) is -0.248. The van der Waals surface area contributed by atoms with E-state index in [1.165, 1.54) is 4.31 Å². The maximum atomic E-state index is 12.7. The first-order valence-electron chi connectivity index (χ1n) is 8.48. The van der Waals surface area contributed by atoms with E-state index in [0.717, 1.165) is 30.2 Å². The summed E-state index contributed by atoms with van der Waals surface area (Å²) in [6.07, 6.45) is 3.38. The number of sulfonamides is 1. The molecule has 0 radical (unpaired) electrons. The van der Waals surface area contributed by atoms with Crippen LogP contribution in [0.5, 0.6) is 0 Å². The number of nitrogens with one attached hydrogen (secondary N) is 1. The van der Waals surface area contributed by atoms with E-state index in [-0.39, 0.29) is 11.9 Å². The molecule has 1 amide bonds. The van der Waals surface area contributed by atoms with E-state index in [4.69, 9.17) is 0 Å². The van der Waals surface area contributed by atoms with Crippen LogP contribution in [0.1, 0.15) is 51.2 Å². The number of hydrogen-bond acceptors (Lipinski definition) is 3. The first-order valence-corrected chi connectivity index (χ1v) is 10.3. The van der Waals surface area contributed by atoms with Crippen LogP contribution < -0.4 is 9.62 Å². The minimum Gasteiger partial charge on any atom is -0.352 e. The molecule has 1 N–H and O–H groups in total. The topological polar surface area (TPSA) is 66.5 Å². The molecule has 1 aromatic rings. The first kappa shape index (κ1) is 20.5. The van der Waals surface area contributed by atoms with Crippen LogP contribution in [0.25, 0.3) is 0 Å². The van der Waals surface area contributed by atoms with Gasteiger partial charge < -0.3 is 5.32 Å². The average Bonchev–Trinajstić information content (AvgIpc) is 2.46. The van der Waals surface area contributed by atoms with Gasteiger partial charge in [-0.3, -0.25) is 9.10 Å². The van der Waals surface area contributed by atoms with Crippen LogP contribution in [-0.4, -0.2) is 32.7 Å². The van der Waals surface area contributed by atoms with Crippen molar-refractivity contribution in [2.45, 2.75) is 66.0 Å². The zero-order valence-corrected chi connectivity index (χ0v) is 16.4. The van der Waals surface area contributed by atoms with E-state index in [1.807, 2.05) is 39.8 Å². The Morgan fingerprint density at radius 3 is 2.29 bits per heavy atom. The molecule has 0 unspecified atom stereocenters. The number of amides is 1. The molecule has 5 nitrogen and oxygen atoms in total. The predicted octanol–water partition coefficient (Wildman–Crippen LogP) is 3.15. The highest BCUT2D eigenvalue weighted by atomic mass is 32.2. The van der Waals surface area contributed by atoms with Gasteiger partial charge in [0.2, 0.25) is 15.9 Å². The number of carbonyl (C=O) groups excluding carboxylic acids is 1. The highest BCUT2D eigenvalue weighted by Crippen LogP contribution is 2.25. The largest absolute Gasteiger partial charge is 0.352 e. The Bertz CT molecular complexity index is 671. The fraction of sp³-hybridized carbons (Fsp3) is 0.611. The first-order chi connectivity index (χ1) is 11.1. The van der Waals surface area contributed by atoms with Crippen LogP contribution in [0.15, 0.2) is 18.2 Å². The molecule has 0 saturated heterocycles. The predicted molar refractivity (Wildman–Crippen MR) is 99.8 cm³/mol. The van der Waals surface area contributed by atoms with E-state index in [9.17, 15) is 13.2 Å². The summed E-state index contributed by atoms with van der Waals surface area (Å²) in [6, 6.07) is 4.74. The van der Waals surface area contributed by atoms with Crippen molar-refractivity contribution in [1.82, 2.24) is 5.32 Å². The van der Waals surface area contributed by atoms with Crippen molar-refractivity contribution >= 4 is 21.6 Å². The van der Waals surface area contributed by atoms with Gasteiger partial charge in [0.25, 0.3) is 0 Å². The van der Waals surface area contributed by atoms with Gasteiger partial charge in [0.05, 0.1) is 11.9 Å². The molecule has 0 heterocycles. The quantitative estimate of drug-likeness (QED) is 0.780. The number of benzene rings is 1. The molecule has 1 aromatic carbocycles. The lowest BCUT2D eigenvalue weighted by Crippen LogP contribution is -2.51. The third kappa shape index (κ3) is 5.23. The lowest BCUT2D eigenvalue weighted by Gasteiger charge is -2.31. The number of rotatable bonds is 8. The van der Waals surface area contributed by atoms with Crippen molar-refractivity contribution in [3.8, 4) is 0 Å². The molecule has 0 spiro atoms. The summed E-state index contributed by atoms with van der Waals surface area (Å²) in [4.78, 5) is 12.7. The Morgan fingerprint density at radius 2 is 1.83 bits per heavy atom. The lowest BCUT2D eigenvalue weighted by molar-refractivity contribution is -0.122. The number of anilines is 1. The Morgan fingerprint density at radius 1 is 1.21 bits per heavy atom. The molecule has 0 saturated carbocycles. The van der Waals surface area contributed by atoms with Crippen molar-refractivity contribution in [1.29, 1.82) is 0 Å². The minimum absolute atomic E-state index is 0.0257. The molecule has 0 bridgehead atoms. The van der Waals surface area contributed by atoms with Gasteiger partial charge in [-0.15, -0.1) is 0 Å². The van der Waals surface area contributed by atoms with Gasteiger partial charge in [0.15, 0.2) is 0 Å². The smallest absolute Gasteiger partial charge is 0.244 e. The van der Waals surface area contributed by atoms with Crippen LogP contribution in [0.3, 0.4) is 0 Å². The molecule has 24 heavy (non-hydrogen) atoms. The Balaban J connectivity index is 3.22. The van der Waals surface area contributed by atoms with Gasteiger partial charge >= 0.3 is 0 Å². The maximum Gasteiger partial charge on any atom is 0.244 e. The SMILES string of the molecule is CCC[C@@H](C)NC(=O)[C@H](CC)N(c1ccc(C)c(C)c1)S(C)(=O)=O.